The van der Waals surface area contributed by atoms with Crippen LogP contribution in [0.2, 0.25) is 5.02 Å². The number of fused-ring (bicyclic) bond motifs is 1. The van der Waals surface area contributed by atoms with E-state index in [9.17, 15) is 14.9 Å². The molecule has 1 saturated heterocycles. The first-order valence-electron chi connectivity index (χ1n) is 9.33. The van der Waals surface area contributed by atoms with Gasteiger partial charge in [0.1, 0.15) is 11.7 Å². The van der Waals surface area contributed by atoms with E-state index >= 15 is 0 Å². The van der Waals surface area contributed by atoms with E-state index in [-0.39, 0.29) is 16.9 Å². The van der Waals surface area contributed by atoms with Crippen LogP contribution >= 0.6 is 11.6 Å². The summed E-state index contributed by atoms with van der Waals surface area (Å²) >= 11 is 6.33. The van der Waals surface area contributed by atoms with E-state index in [2.05, 4.69) is 22.2 Å². The highest BCUT2D eigenvalue weighted by Crippen LogP contribution is 2.40. The van der Waals surface area contributed by atoms with Crippen molar-refractivity contribution in [1.29, 1.82) is 5.26 Å². The molecule has 0 radical (unpaired) electrons. The second-order valence-electron chi connectivity index (χ2n) is 7.44. The molecule has 7 nitrogen and oxygen atoms in total. The fourth-order valence-electron chi connectivity index (χ4n) is 4.09. The standard InChI is InChI=1S/C20H20ClN5O2/c1-11-5-4-8-26(10-11)20-24-17-16(19(28)25-20)15(13(9-22)18(27)23-17)12-6-2-3-7-14(12)21/h2-3,6-7,11,13,15H,4-5,8,10H2,1H3,(H2,23,24,25,27,28). The Kier molecular flexibility index (Phi) is 4.82. The Morgan fingerprint density at radius 3 is 2.82 bits per heavy atom. The Morgan fingerprint density at radius 2 is 2.11 bits per heavy atom. The molecule has 1 aromatic heterocycles. The van der Waals surface area contributed by atoms with Crippen molar-refractivity contribution in [1.82, 2.24) is 9.97 Å². The lowest BCUT2D eigenvalue weighted by atomic mass is 9.79. The van der Waals surface area contributed by atoms with Gasteiger partial charge in [-0.25, -0.2) is 0 Å². The van der Waals surface area contributed by atoms with Crippen LogP contribution in [-0.2, 0) is 4.79 Å². The van der Waals surface area contributed by atoms with Crippen LogP contribution in [0.1, 0.15) is 36.8 Å². The maximum absolute atomic E-state index is 13.0. The number of H-pyrrole nitrogens is 1. The van der Waals surface area contributed by atoms with Gasteiger partial charge in [-0.15, -0.1) is 0 Å². The molecule has 3 atom stereocenters. The number of benzene rings is 1. The number of carbonyl (C=O) groups excluding carboxylic acids is 1. The minimum Gasteiger partial charge on any atom is -0.342 e. The van der Waals surface area contributed by atoms with Crippen molar-refractivity contribution < 1.29 is 4.79 Å². The topological polar surface area (TPSA) is 102 Å². The zero-order valence-electron chi connectivity index (χ0n) is 15.4. The largest absolute Gasteiger partial charge is 0.342 e. The van der Waals surface area contributed by atoms with Gasteiger partial charge in [0.2, 0.25) is 11.9 Å². The molecule has 1 aromatic carbocycles. The predicted molar refractivity (Wildman–Crippen MR) is 106 cm³/mol. The van der Waals surface area contributed by atoms with Gasteiger partial charge in [0.15, 0.2) is 0 Å². The monoisotopic (exact) mass is 397 g/mol. The fraction of sp³-hybridized carbons (Fsp3) is 0.400. The smallest absolute Gasteiger partial charge is 0.258 e. The Balaban J connectivity index is 1.85. The van der Waals surface area contributed by atoms with Gasteiger partial charge in [-0.2, -0.15) is 10.2 Å². The number of aromatic amines is 1. The molecule has 2 aliphatic heterocycles. The third-order valence-electron chi connectivity index (χ3n) is 5.45. The van der Waals surface area contributed by atoms with Crippen LogP contribution in [-0.4, -0.2) is 29.0 Å². The van der Waals surface area contributed by atoms with Crippen LogP contribution in [0.15, 0.2) is 29.1 Å². The van der Waals surface area contributed by atoms with Gasteiger partial charge in [-0.05, 0) is 30.4 Å². The predicted octanol–water partition coefficient (Wildman–Crippen LogP) is 2.88. The quantitative estimate of drug-likeness (QED) is 0.811. The summed E-state index contributed by atoms with van der Waals surface area (Å²) in [6.07, 6.45) is 2.16. The van der Waals surface area contributed by atoms with Crippen molar-refractivity contribution in [2.45, 2.75) is 25.7 Å². The molecule has 2 N–H and O–H groups in total. The highest BCUT2D eigenvalue weighted by molar-refractivity contribution is 6.31. The molecule has 1 fully saturated rings. The van der Waals surface area contributed by atoms with Crippen molar-refractivity contribution >= 4 is 29.3 Å². The van der Waals surface area contributed by atoms with E-state index in [1.165, 1.54) is 0 Å². The van der Waals surface area contributed by atoms with Crippen LogP contribution in [0.4, 0.5) is 11.8 Å². The van der Waals surface area contributed by atoms with E-state index in [1.807, 2.05) is 11.0 Å². The molecule has 144 valence electrons. The zero-order valence-corrected chi connectivity index (χ0v) is 16.2. The second kappa shape index (κ2) is 7.28. The number of nitrogens with one attached hydrogen (secondary N) is 2. The number of carbonyl (C=O) groups is 1. The first kappa shape index (κ1) is 18.5. The van der Waals surface area contributed by atoms with Crippen LogP contribution in [0, 0.1) is 23.2 Å². The molecule has 2 aliphatic rings. The maximum atomic E-state index is 13.0. The molecule has 0 spiro atoms. The third kappa shape index (κ3) is 3.14. The molecule has 0 bridgehead atoms. The number of aromatic nitrogens is 2. The minimum absolute atomic E-state index is 0.207. The first-order chi connectivity index (χ1) is 13.5. The van der Waals surface area contributed by atoms with Crippen molar-refractivity contribution in [2.75, 3.05) is 23.3 Å². The van der Waals surface area contributed by atoms with E-state index in [0.29, 0.717) is 22.5 Å². The number of nitrogens with zero attached hydrogens (tertiary/aromatic N) is 3. The third-order valence-corrected chi connectivity index (χ3v) is 5.79. The van der Waals surface area contributed by atoms with Gasteiger partial charge in [-0.1, -0.05) is 36.7 Å². The van der Waals surface area contributed by atoms with E-state index in [4.69, 9.17) is 11.6 Å². The van der Waals surface area contributed by atoms with Crippen molar-refractivity contribution in [3.63, 3.8) is 0 Å². The highest BCUT2D eigenvalue weighted by Gasteiger charge is 2.41. The number of amides is 1. The summed E-state index contributed by atoms with van der Waals surface area (Å²) in [5, 5.41) is 12.6. The number of hydrogen-bond donors (Lipinski definition) is 2. The summed E-state index contributed by atoms with van der Waals surface area (Å²) in [6.45, 7) is 3.76. The Hall–Kier alpha value is -2.85. The number of hydrogen-bond acceptors (Lipinski definition) is 5. The molecule has 3 heterocycles. The molecule has 28 heavy (non-hydrogen) atoms. The van der Waals surface area contributed by atoms with Crippen LogP contribution in [0.25, 0.3) is 0 Å². The van der Waals surface area contributed by atoms with Gasteiger partial charge >= 0.3 is 0 Å². The van der Waals surface area contributed by atoms with Gasteiger partial charge < -0.3 is 10.2 Å². The SMILES string of the molecule is CC1CCCN(c2nc3c(c(=O)[nH]2)C(c2ccccc2Cl)C(C#N)C(=O)N3)C1. The number of halogens is 1. The Labute approximate surface area is 167 Å². The molecular weight excluding hydrogens is 378 g/mol. The normalized spacial score (nSPS) is 24.2. The molecule has 0 saturated carbocycles. The molecule has 1 amide bonds. The average Bonchev–Trinajstić information content (AvgIpc) is 2.67. The molecule has 8 heteroatoms. The minimum atomic E-state index is -1.06. The Morgan fingerprint density at radius 1 is 1.32 bits per heavy atom. The molecule has 3 unspecified atom stereocenters. The summed E-state index contributed by atoms with van der Waals surface area (Å²) in [6, 6.07) is 8.97. The summed E-state index contributed by atoms with van der Waals surface area (Å²) in [4.78, 5) is 35.1. The highest BCUT2D eigenvalue weighted by atomic mass is 35.5. The molecular formula is C20H20ClN5O2. The first-order valence-corrected chi connectivity index (χ1v) is 9.71. The number of rotatable bonds is 2. The maximum Gasteiger partial charge on any atom is 0.258 e. The van der Waals surface area contributed by atoms with Crippen LogP contribution < -0.4 is 15.8 Å². The Bertz CT molecular complexity index is 1030. The van der Waals surface area contributed by atoms with Gasteiger partial charge in [0.05, 0.1) is 11.6 Å². The summed E-state index contributed by atoms with van der Waals surface area (Å²) in [7, 11) is 0. The lowest BCUT2D eigenvalue weighted by Crippen LogP contribution is -2.41. The number of piperidine rings is 1. The number of anilines is 2. The summed E-state index contributed by atoms with van der Waals surface area (Å²) in [5.74, 6) is -1.15. The average molecular weight is 398 g/mol. The van der Waals surface area contributed by atoms with E-state index in [0.717, 1.165) is 25.9 Å². The second-order valence-corrected chi connectivity index (χ2v) is 7.85. The summed E-state index contributed by atoms with van der Waals surface area (Å²) in [5.41, 5.74) is 0.481. The zero-order chi connectivity index (χ0) is 19.8. The van der Waals surface area contributed by atoms with Gasteiger partial charge in [0, 0.05) is 24.0 Å². The van der Waals surface area contributed by atoms with Crippen molar-refractivity contribution in [2.24, 2.45) is 11.8 Å². The summed E-state index contributed by atoms with van der Waals surface area (Å²) < 4.78 is 0. The van der Waals surface area contributed by atoms with Gasteiger partial charge in [0.25, 0.3) is 5.56 Å². The van der Waals surface area contributed by atoms with Crippen molar-refractivity contribution in [3.05, 3.63) is 50.8 Å². The fourth-order valence-corrected chi connectivity index (χ4v) is 4.35. The van der Waals surface area contributed by atoms with Gasteiger partial charge in [-0.3, -0.25) is 14.6 Å². The lowest BCUT2D eigenvalue weighted by molar-refractivity contribution is -0.119. The van der Waals surface area contributed by atoms with Crippen molar-refractivity contribution in [3.8, 4) is 6.07 Å². The van der Waals surface area contributed by atoms with E-state index < -0.39 is 17.7 Å². The van der Waals surface area contributed by atoms with Crippen LogP contribution in [0.3, 0.4) is 0 Å². The molecule has 0 aliphatic carbocycles. The molecule has 2 aromatic rings. The number of nitriles is 1. The molecule has 4 rings (SSSR count). The lowest BCUT2D eigenvalue weighted by Gasteiger charge is -2.33. The van der Waals surface area contributed by atoms with Crippen LogP contribution in [0.5, 0.6) is 0 Å². The van der Waals surface area contributed by atoms with E-state index in [1.54, 1.807) is 24.3 Å².